The van der Waals surface area contributed by atoms with Crippen molar-refractivity contribution in [2.24, 2.45) is 5.73 Å². The molecule has 0 aliphatic rings. The molecule has 1 amide bonds. The number of rotatable bonds is 6. The molecule has 0 unspecified atom stereocenters. The third kappa shape index (κ3) is 4.24. The van der Waals surface area contributed by atoms with Gasteiger partial charge in [-0.2, -0.15) is 5.26 Å². The molecule has 0 fully saturated rings. The number of carbonyl (C=O) groups is 2. The Hall–Kier alpha value is -3.53. The topological polar surface area (TPSA) is 112 Å². The molecule has 0 saturated heterocycles. The van der Waals surface area contributed by atoms with Crippen LogP contribution in [0.25, 0.3) is 0 Å². The number of ether oxygens (including phenoxy) is 3. The number of methoxy groups -OCH3 is 1. The van der Waals surface area contributed by atoms with Crippen LogP contribution in [0.2, 0.25) is 0 Å². The molecule has 0 atom stereocenters. The van der Waals surface area contributed by atoms with E-state index in [2.05, 4.69) is 0 Å². The first kappa shape index (κ1) is 16.8. The van der Waals surface area contributed by atoms with E-state index in [0.717, 1.165) is 0 Å². The van der Waals surface area contributed by atoms with Gasteiger partial charge in [-0.3, -0.25) is 4.79 Å². The summed E-state index contributed by atoms with van der Waals surface area (Å²) in [7, 11) is 1.40. The molecule has 0 heterocycles. The molecule has 7 heteroatoms. The maximum absolute atomic E-state index is 11.9. The van der Waals surface area contributed by atoms with Gasteiger partial charge in [-0.15, -0.1) is 0 Å². The Bertz CT molecular complexity index is 811. The van der Waals surface area contributed by atoms with Crippen molar-refractivity contribution in [3.63, 3.8) is 0 Å². The second-order valence-electron chi connectivity index (χ2n) is 4.63. The number of hydrogen-bond acceptors (Lipinski definition) is 6. The van der Waals surface area contributed by atoms with Crippen LogP contribution in [0, 0.1) is 11.3 Å². The van der Waals surface area contributed by atoms with Crippen molar-refractivity contribution in [1.82, 2.24) is 0 Å². The summed E-state index contributed by atoms with van der Waals surface area (Å²) in [6.45, 7) is -0.370. The summed E-state index contributed by atoms with van der Waals surface area (Å²) in [6.07, 6.45) is 0. The van der Waals surface area contributed by atoms with Gasteiger partial charge in [-0.05, 0) is 30.3 Å². The van der Waals surface area contributed by atoms with Crippen LogP contribution in [0.5, 0.6) is 17.2 Å². The average molecular weight is 326 g/mol. The van der Waals surface area contributed by atoms with Crippen molar-refractivity contribution in [2.45, 2.75) is 0 Å². The van der Waals surface area contributed by atoms with Gasteiger partial charge in [0.15, 0.2) is 18.1 Å². The first-order valence-electron chi connectivity index (χ1n) is 6.85. The van der Waals surface area contributed by atoms with Crippen LogP contribution in [-0.2, 0) is 4.79 Å². The summed E-state index contributed by atoms with van der Waals surface area (Å²) in [5, 5.41) is 8.84. The monoisotopic (exact) mass is 326 g/mol. The van der Waals surface area contributed by atoms with Crippen LogP contribution < -0.4 is 19.9 Å². The maximum Gasteiger partial charge on any atom is 0.349 e. The summed E-state index contributed by atoms with van der Waals surface area (Å²) >= 11 is 0. The molecule has 0 aromatic heterocycles. The largest absolute Gasteiger partial charge is 0.493 e. The molecule has 2 N–H and O–H groups in total. The average Bonchev–Trinajstić information content (AvgIpc) is 2.60. The van der Waals surface area contributed by atoms with E-state index < -0.39 is 11.9 Å². The molecule has 0 aliphatic heterocycles. The fourth-order valence-electron chi connectivity index (χ4n) is 1.85. The van der Waals surface area contributed by atoms with Crippen molar-refractivity contribution in [1.29, 1.82) is 5.26 Å². The van der Waals surface area contributed by atoms with Gasteiger partial charge in [0.1, 0.15) is 5.75 Å². The number of nitriles is 1. The first-order chi connectivity index (χ1) is 11.5. The van der Waals surface area contributed by atoms with Gasteiger partial charge in [-0.25, -0.2) is 4.79 Å². The number of nitrogens with two attached hydrogens (primary N) is 1. The highest BCUT2D eigenvalue weighted by molar-refractivity contribution is 5.93. The van der Waals surface area contributed by atoms with E-state index >= 15 is 0 Å². The van der Waals surface area contributed by atoms with Gasteiger partial charge in [0.2, 0.25) is 5.91 Å². The van der Waals surface area contributed by atoms with Crippen molar-refractivity contribution >= 4 is 11.9 Å². The molecule has 0 aliphatic carbocycles. The second kappa shape index (κ2) is 7.65. The number of carbonyl (C=O) groups excluding carboxylic acids is 2. The molecule has 0 spiro atoms. The lowest BCUT2D eigenvalue weighted by Crippen LogP contribution is -2.18. The molecule has 122 valence electrons. The predicted molar refractivity (Wildman–Crippen MR) is 83.8 cm³/mol. The Kier molecular flexibility index (Phi) is 5.36. The van der Waals surface area contributed by atoms with Gasteiger partial charge >= 0.3 is 5.97 Å². The number of amides is 1. The molecule has 2 rings (SSSR count). The minimum Gasteiger partial charge on any atom is -0.493 e. The quantitative estimate of drug-likeness (QED) is 0.638. The molecular formula is C17H14N2O5. The van der Waals surface area contributed by atoms with Crippen LogP contribution in [-0.4, -0.2) is 25.6 Å². The Morgan fingerprint density at radius 2 is 1.96 bits per heavy atom. The van der Waals surface area contributed by atoms with E-state index in [0.29, 0.717) is 11.3 Å². The van der Waals surface area contributed by atoms with Crippen LogP contribution in [0.1, 0.15) is 15.9 Å². The number of primary amides is 1. The van der Waals surface area contributed by atoms with Crippen LogP contribution in [0.3, 0.4) is 0 Å². The first-order valence-corrected chi connectivity index (χ1v) is 6.85. The Morgan fingerprint density at radius 1 is 1.17 bits per heavy atom. The summed E-state index contributed by atoms with van der Waals surface area (Å²) < 4.78 is 15.5. The standard InChI is InChI=1S/C17H14N2O5/c1-22-15-7-11(9-18)5-6-14(15)24-16(20)10-23-13-4-2-3-12(8-13)17(19)21/h2-8H,10H2,1H3,(H2,19,21). The third-order valence-electron chi connectivity index (χ3n) is 2.99. The van der Waals surface area contributed by atoms with Gasteiger partial charge in [0, 0.05) is 11.6 Å². The Balaban J connectivity index is 2.00. The third-order valence-corrected chi connectivity index (χ3v) is 2.99. The Labute approximate surface area is 138 Å². The second-order valence-corrected chi connectivity index (χ2v) is 4.63. The molecule has 7 nitrogen and oxygen atoms in total. The lowest BCUT2D eigenvalue weighted by atomic mass is 10.2. The maximum atomic E-state index is 11.9. The summed E-state index contributed by atoms with van der Waals surface area (Å²) in [4.78, 5) is 23.0. The van der Waals surface area contributed by atoms with Crippen molar-refractivity contribution in [3.8, 4) is 23.3 Å². The fraction of sp³-hybridized carbons (Fsp3) is 0.118. The van der Waals surface area contributed by atoms with Crippen LogP contribution in [0.15, 0.2) is 42.5 Å². The SMILES string of the molecule is COc1cc(C#N)ccc1OC(=O)COc1cccc(C(N)=O)c1. The van der Waals surface area contributed by atoms with Crippen molar-refractivity contribution in [2.75, 3.05) is 13.7 Å². The zero-order chi connectivity index (χ0) is 17.5. The predicted octanol–water partition coefficient (Wildman–Crippen LogP) is 1.65. The van der Waals surface area contributed by atoms with E-state index in [4.69, 9.17) is 25.2 Å². The summed E-state index contributed by atoms with van der Waals surface area (Å²) in [6, 6.07) is 12.5. The summed E-state index contributed by atoms with van der Waals surface area (Å²) in [5.74, 6) is -0.503. The summed E-state index contributed by atoms with van der Waals surface area (Å²) in [5.41, 5.74) is 5.83. The van der Waals surface area contributed by atoms with E-state index in [1.165, 1.54) is 37.4 Å². The minimum atomic E-state index is -0.664. The smallest absolute Gasteiger partial charge is 0.349 e. The highest BCUT2D eigenvalue weighted by Crippen LogP contribution is 2.28. The number of hydrogen-bond donors (Lipinski definition) is 1. The number of nitrogens with zero attached hydrogens (tertiary/aromatic N) is 1. The van der Waals surface area contributed by atoms with Crippen LogP contribution >= 0.6 is 0 Å². The zero-order valence-electron chi connectivity index (χ0n) is 12.8. The molecule has 2 aromatic carbocycles. The van der Waals surface area contributed by atoms with Gasteiger partial charge in [-0.1, -0.05) is 6.07 Å². The Morgan fingerprint density at radius 3 is 2.62 bits per heavy atom. The van der Waals surface area contributed by atoms with E-state index in [9.17, 15) is 9.59 Å². The van der Waals surface area contributed by atoms with E-state index in [1.807, 2.05) is 6.07 Å². The zero-order valence-corrected chi connectivity index (χ0v) is 12.8. The lowest BCUT2D eigenvalue weighted by Gasteiger charge is -2.10. The van der Waals surface area contributed by atoms with Gasteiger partial charge in [0.05, 0.1) is 18.7 Å². The van der Waals surface area contributed by atoms with E-state index in [-0.39, 0.29) is 23.7 Å². The van der Waals surface area contributed by atoms with Gasteiger partial charge < -0.3 is 19.9 Å². The lowest BCUT2D eigenvalue weighted by molar-refractivity contribution is -0.136. The minimum absolute atomic E-state index is 0.177. The van der Waals surface area contributed by atoms with Crippen molar-refractivity contribution in [3.05, 3.63) is 53.6 Å². The normalized spacial score (nSPS) is 9.67. The molecule has 0 bridgehead atoms. The number of esters is 1. The van der Waals surface area contributed by atoms with Crippen molar-refractivity contribution < 1.29 is 23.8 Å². The molecule has 24 heavy (non-hydrogen) atoms. The van der Waals surface area contributed by atoms with E-state index in [1.54, 1.807) is 12.1 Å². The van der Waals surface area contributed by atoms with Crippen LogP contribution in [0.4, 0.5) is 0 Å². The molecule has 2 aromatic rings. The molecular weight excluding hydrogens is 312 g/mol. The highest BCUT2D eigenvalue weighted by atomic mass is 16.6. The number of benzene rings is 2. The molecule has 0 radical (unpaired) electrons. The highest BCUT2D eigenvalue weighted by Gasteiger charge is 2.12. The fourth-order valence-corrected chi connectivity index (χ4v) is 1.85. The van der Waals surface area contributed by atoms with Gasteiger partial charge in [0.25, 0.3) is 0 Å². The molecule has 0 saturated carbocycles.